The van der Waals surface area contributed by atoms with E-state index in [9.17, 15) is 26.8 Å². The first kappa shape index (κ1) is 29.6. The number of hydrogen-bond acceptors (Lipinski definition) is 8. The lowest BCUT2D eigenvalue weighted by Crippen LogP contribution is -2.31. The van der Waals surface area contributed by atoms with Crippen molar-refractivity contribution in [1.82, 2.24) is 9.71 Å². The number of rotatable bonds is 9. The number of carbonyl (C=O) groups excluding carboxylic acids is 2. The molecule has 2 amide bonds. The number of nitrogens with zero attached hydrogens (tertiary/aromatic N) is 2. The zero-order valence-electron chi connectivity index (χ0n) is 22.7. The van der Waals surface area contributed by atoms with Crippen molar-refractivity contribution in [3.8, 4) is 11.5 Å². The number of carbonyl (C=O) groups is 2. The Labute approximate surface area is 245 Å². The van der Waals surface area contributed by atoms with Gasteiger partial charge in [-0.3, -0.25) is 19.5 Å². The zero-order valence-corrected chi connectivity index (χ0v) is 23.5. The van der Waals surface area contributed by atoms with Gasteiger partial charge in [0.15, 0.2) is 11.5 Å². The smallest absolute Gasteiger partial charge is 0.267 e. The minimum atomic E-state index is -4.64. The number of benzene rings is 3. The van der Waals surface area contributed by atoms with Crippen LogP contribution in [0.4, 0.5) is 20.2 Å². The molecule has 3 aromatic carbocycles. The third kappa shape index (κ3) is 6.63. The number of nitrogens with one attached hydrogen (secondary N) is 1. The Bertz CT molecular complexity index is 1750. The third-order valence-electron chi connectivity index (χ3n) is 6.50. The van der Waals surface area contributed by atoms with Crippen LogP contribution >= 0.6 is 0 Å². The van der Waals surface area contributed by atoms with E-state index in [1.807, 2.05) is 0 Å². The first-order valence-electron chi connectivity index (χ1n) is 13.0. The van der Waals surface area contributed by atoms with E-state index >= 15 is 0 Å². The van der Waals surface area contributed by atoms with Crippen molar-refractivity contribution < 1.29 is 41.0 Å². The van der Waals surface area contributed by atoms with Gasteiger partial charge in [0.2, 0.25) is 0 Å². The molecule has 1 aliphatic heterocycles. The van der Waals surface area contributed by atoms with Crippen molar-refractivity contribution in [2.45, 2.75) is 17.4 Å². The molecule has 0 unspecified atom stereocenters. The fourth-order valence-corrected chi connectivity index (χ4v) is 5.41. The predicted molar refractivity (Wildman–Crippen MR) is 151 cm³/mol. The molecule has 1 fully saturated rings. The summed E-state index contributed by atoms with van der Waals surface area (Å²) in [5.41, 5.74) is 0.927. The van der Waals surface area contributed by atoms with Gasteiger partial charge < -0.3 is 14.2 Å². The lowest BCUT2D eigenvalue weighted by Gasteiger charge is -2.25. The quantitative estimate of drug-likeness (QED) is 0.291. The van der Waals surface area contributed by atoms with E-state index in [0.717, 1.165) is 12.1 Å². The molecule has 2 heterocycles. The molecule has 4 aromatic rings. The highest BCUT2D eigenvalue weighted by Crippen LogP contribution is 2.37. The van der Waals surface area contributed by atoms with E-state index in [2.05, 4.69) is 4.98 Å². The van der Waals surface area contributed by atoms with Crippen LogP contribution in [0.15, 0.2) is 90.1 Å². The summed E-state index contributed by atoms with van der Waals surface area (Å²) in [4.78, 5) is 31.1. The summed E-state index contributed by atoms with van der Waals surface area (Å²) in [5, 5.41) is 0. The summed E-state index contributed by atoms with van der Waals surface area (Å²) in [7, 11) is -3.14. The average Bonchev–Trinajstić information content (AvgIpc) is 3.51. The molecule has 1 atom stereocenters. The summed E-state index contributed by atoms with van der Waals surface area (Å²) in [6.07, 6.45) is 3.44. The zero-order chi connectivity index (χ0) is 30.6. The number of anilines is 2. The van der Waals surface area contributed by atoms with Crippen molar-refractivity contribution in [1.29, 1.82) is 0 Å². The van der Waals surface area contributed by atoms with Gasteiger partial charge in [-0.15, -0.1) is 0 Å². The van der Waals surface area contributed by atoms with E-state index in [4.69, 9.17) is 14.2 Å². The second-order valence-electron chi connectivity index (χ2n) is 9.38. The Kier molecular flexibility index (Phi) is 8.64. The molecule has 0 saturated carbocycles. The van der Waals surface area contributed by atoms with Crippen molar-refractivity contribution in [2.24, 2.45) is 0 Å². The van der Waals surface area contributed by atoms with Gasteiger partial charge in [-0.05, 0) is 60.7 Å². The van der Waals surface area contributed by atoms with Crippen LogP contribution in [0.1, 0.15) is 27.1 Å². The maximum atomic E-state index is 14.1. The van der Waals surface area contributed by atoms with Crippen LogP contribution in [0.5, 0.6) is 11.5 Å². The number of methoxy groups -OCH3 is 1. The normalized spacial score (nSPS) is 14.6. The van der Waals surface area contributed by atoms with Gasteiger partial charge in [-0.2, -0.15) is 0 Å². The van der Waals surface area contributed by atoms with Crippen LogP contribution in [0.3, 0.4) is 0 Å². The molecular weight excluding hydrogens is 584 g/mol. The van der Waals surface area contributed by atoms with E-state index < -0.39 is 38.4 Å². The molecule has 1 saturated heterocycles. The molecule has 10 nitrogen and oxygen atoms in total. The number of amides is 2. The molecule has 1 aromatic heterocycles. The Morgan fingerprint density at radius 1 is 0.977 bits per heavy atom. The molecule has 0 aliphatic carbocycles. The fraction of sp³-hybridized carbons (Fsp3) is 0.167. The van der Waals surface area contributed by atoms with Crippen molar-refractivity contribution >= 4 is 33.2 Å². The second kappa shape index (κ2) is 12.5. The summed E-state index contributed by atoms with van der Waals surface area (Å²) >= 11 is 0. The van der Waals surface area contributed by atoms with Gasteiger partial charge in [0.25, 0.3) is 21.8 Å². The number of halogens is 2. The van der Waals surface area contributed by atoms with Crippen LogP contribution in [-0.4, -0.2) is 51.6 Å². The SMILES string of the molecule is COc1ccc(N(C(=O)c2cccnc2)c2ccc(C(=O)NS(=O)(=O)c3ccc(F)cc3F)cc2)cc1O[C@@H]1CCOC1. The van der Waals surface area contributed by atoms with Gasteiger partial charge in [0, 0.05) is 42.2 Å². The molecule has 0 bridgehead atoms. The lowest BCUT2D eigenvalue weighted by molar-refractivity contribution is 0.0979. The standard InChI is InChI=1S/C30H25F2N3O7S/c1-40-26-10-9-23(16-27(26)42-24-12-14-41-18-24)35(30(37)20-3-2-13-33-17-20)22-7-4-19(5-8-22)29(36)34-43(38,39)28-11-6-21(31)15-25(28)32/h2-11,13,15-17,24H,12,14,18H2,1H3,(H,34,36)/t24-/m1/s1. The first-order chi connectivity index (χ1) is 20.7. The molecule has 0 radical (unpaired) electrons. The number of aromatic nitrogens is 1. The highest BCUT2D eigenvalue weighted by molar-refractivity contribution is 7.90. The van der Waals surface area contributed by atoms with Crippen molar-refractivity contribution in [3.05, 3.63) is 108 Å². The van der Waals surface area contributed by atoms with Gasteiger partial charge >= 0.3 is 0 Å². The average molecular weight is 610 g/mol. The number of pyridine rings is 1. The summed E-state index contributed by atoms with van der Waals surface area (Å²) in [6, 6.07) is 15.6. The molecule has 0 spiro atoms. The lowest BCUT2D eigenvalue weighted by atomic mass is 10.1. The van der Waals surface area contributed by atoms with Crippen LogP contribution in [-0.2, 0) is 14.8 Å². The van der Waals surface area contributed by atoms with Gasteiger partial charge in [-0.1, -0.05) is 0 Å². The summed E-state index contributed by atoms with van der Waals surface area (Å²) in [5.74, 6) is -2.96. The number of hydrogen-bond donors (Lipinski definition) is 1. The Morgan fingerprint density at radius 3 is 2.40 bits per heavy atom. The number of ether oxygens (including phenoxy) is 3. The van der Waals surface area contributed by atoms with Crippen LogP contribution in [0, 0.1) is 11.6 Å². The van der Waals surface area contributed by atoms with E-state index in [1.165, 1.54) is 48.7 Å². The van der Waals surface area contributed by atoms with E-state index in [1.54, 1.807) is 35.1 Å². The maximum Gasteiger partial charge on any atom is 0.267 e. The molecule has 1 aliphatic rings. The van der Waals surface area contributed by atoms with Crippen LogP contribution in [0.25, 0.3) is 0 Å². The highest BCUT2D eigenvalue weighted by Gasteiger charge is 2.26. The third-order valence-corrected chi connectivity index (χ3v) is 7.86. The van der Waals surface area contributed by atoms with Crippen LogP contribution < -0.4 is 19.1 Å². The summed E-state index contributed by atoms with van der Waals surface area (Å²) in [6.45, 7) is 0.983. The van der Waals surface area contributed by atoms with Crippen LogP contribution in [0.2, 0.25) is 0 Å². The summed E-state index contributed by atoms with van der Waals surface area (Å²) < 4.78 is 71.2. The molecule has 5 rings (SSSR count). The fourth-order valence-electron chi connectivity index (χ4n) is 4.37. The van der Waals surface area contributed by atoms with Gasteiger partial charge in [-0.25, -0.2) is 21.9 Å². The second-order valence-corrected chi connectivity index (χ2v) is 11.0. The minimum absolute atomic E-state index is 0.0939. The minimum Gasteiger partial charge on any atom is -0.493 e. The molecule has 222 valence electrons. The predicted octanol–water partition coefficient (Wildman–Crippen LogP) is 4.63. The van der Waals surface area contributed by atoms with Crippen molar-refractivity contribution in [3.63, 3.8) is 0 Å². The monoisotopic (exact) mass is 609 g/mol. The molecular formula is C30H25F2N3O7S. The maximum absolute atomic E-state index is 14.1. The Hall–Kier alpha value is -4.88. The van der Waals surface area contributed by atoms with Gasteiger partial charge in [0.1, 0.15) is 22.6 Å². The topological polar surface area (TPSA) is 124 Å². The van der Waals surface area contributed by atoms with Crippen molar-refractivity contribution in [2.75, 3.05) is 25.2 Å². The largest absolute Gasteiger partial charge is 0.493 e. The first-order valence-corrected chi connectivity index (χ1v) is 14.4. The molecule has 1 N–H and O–H groups in total. The Balaban J connectivity index is 1.46. The van der Waals surface area contributed by atoms with E-state index in [-0.39, 0.29) is 17.2 Å². The van der Waals surface area contributed by atoms with E-state index in [0.29, 0.717) is 48.6 Å². The Morgan fingerprint density at radius 2 is 1.74 bits per heavy atom. The molecule has 13 heteroatoms. The highest BCUT2D eigenvalue weighted by atomic mass is 32.2. The number of sulfonamides is 1. The molecule has 43 heavy (non-hydrogen) atoms. The van der Waals surface area contributed by atoms with Gasteiger partial charge in [0.05, 0.1) is 31.6 Å².